The molecule has 1 fully saturated rings. The standard InChI is InChI=1S/C6H14N2.C5H14N2/c1-5-3-7-4-6(2)8-5;1-5(2,3-6)4-7/h5-8H,3-4H2,1-2H3;3-4,6-7H2,1-2H3. The van der Waals surface area contributed by atoms with Crippen LogP contribution >= 0.6 is 0 Å². The van der Waals surface area contributed by atoms with Crippen LogP contribution in [0.5, 0.6) is 0 Å². The smallest absolute Gasteiger partial charge is 0.0167 e. The molecule has 4 heteroatoms. The van der Waals surface area contributed by atoms with E-state index in [1.54, 1.807) is 0 Å². The van der Waals surface area contributed by atoms with Gasteiger partial charge in [0.05, 0.1) is 0 Å². The largest absolute Gasteiger partial charge is 0.330 e. The Bertz CT molecular complexity index is 145. The lowest BCUT2D eigenvalue weighted by atomic mass is 9.95. The molecule has 1 saturated heterocycles. The first kappa shape index (κ1) is 14.8. The summed E-state index contributed by atoms with van der Waals surface area (Å²) in [5.74, 6) is 0. The number of nitrogens with two attached hydrogens (primary N) is 2. The van der Waals surface area contributed by atoms with E-state index in [1.807, 2.05) is 13.8 Å². The van der Waals surface area contributed by atoms with Gasteiger partial charge in [-0.05, 0) is 32.4 Å². The topological polar surface area (TPSA) is 76.1 Å². The second-order valence-electron chi connectivity index (χ2n) is 5.20. The fourth-order valence-electron chi connectivity index (χ4n) is 1.20. The molecule has 0 aliphatic carbocycles. The van der Waals surface area contributed by atoms with Crippen molar-refractivity contribution in [1.82, 2.24) is 10.6 Å². The van der Waals surface area contributed by atoms with E-state index in [0.717, 1.165) is 13.1 Å². The molecule has 4 nitrogen and oxygen atoms in total. The highest BCUT2D eigenvalue weighted by Crippen LogP contribution is 2.07. The highest BCUT2D eigenvalue weighted by atomic mass is 15.1. The number of rotatable bonds is 2. The fraction of sp³-hybridized carbons (Fsp3) is 1.00. The maximum absolute atomic E-state index is 5.34. The van der Waals surface area contributed by atoms with Crippen molar-refractivity contribution in [3.63, 3.8) is 0 Å². The van der Waals surface area contributed by atoms with Crippen LogP contribution < -0.4 is 22.1 Å². The van der Waals surface area contributed by atoms with Crippen molar-refractivity contribution in [2.24, 2.45) is 16.9 Å². The van der Waals surface area contributed by atoms with Gasteiger partial charge in [0, 0.05) is 25.2 Å². The van der Waals surface area contributed by atoms with Gasteiger partial charge in [-0.1, -0.05) is 13.8 Å². The van der Waals surface area contributed by atoms with E-state index in [0.29, 0.717) is 25.2 Å². The molecule has 0 amide bonds. The van der Waals surface area contributed by atoms with Crippen molar-refractivity contribution in [3.05, 3.63) is 0 Å². The molecule has 1 aliphatic rings. The van der Waals surface area contributed by atoms with Gasteiger partial charge in [0.25, 0.3) is 0 Å². The molecule has 0 aromatic heterocycles. The monoisotopic (exact) mass is 216 g/mol. The van der Waals surface area contributed by atoms with Gasteiger partial charge in [-0.3, -0.25) is 0 Å². The molecule has 0 aromatic carbocycles. The SMILES string of the molecule is CC(C)(CN)CN.CC1CNCC(C)N1. The molecule has 0 aromatic rings. The quantitative estimate of drug-likeness (QED) is 0.519. The number of piperazine rings is 1. The van der Waals surface area contributed by atoms with Crippen LogP contribution in [0.2, 0.25) is 0 Å². The Kier molecular flexibility index (Phi) is 7.09. The second kappa shape index (κ2) is 7.17. The summed E-state index contributed by atoms with van der Waals surface area (Å²) in [6.07, 6.45) is 0. The normalized spacial score (nSPS) is 26.8. The van der Waals surface area contributed by atoms with E-state index in [2.05, 4.69) is 24.5 Å². The number of nitrogens with one attached hydrogen (secondary N) is 2. The van der Waals surface area contributed by atoms with Crippen molar-refractivity contribution in [2.75, 3.05) is 26.2 Å². The first-order valence-electron chi connectivity index (χ1n) is 5.78. The third-order valence-electron chi connectivity index (χ3n) is 2.58. The summed E-state index contributed by atoms with van der Waals surface area (Å²) in [4.78, 5) is 0. The number of hydrogen-bond acceptors (Lipinski definition) is 4. The zero-order chi connectivity index (χ0) is 11.9. The first-order valence-corrected chi connectivity index (χ1v) is 5.78. The van der Waals surface area contributed by atoms with Crippen LogP contribution in [-0.4, -0.2) is 38.3 Å². The van der Waals surface area contributed by atoms with Crippen molar-refractivity contribution in [1.29, 1.82) is 0 Å². The maximum atomic E-state index is 5.34. The Hall–Kier alpha value is -0.160. The van der Waals surface area contributed by atoms with Gasteiger partial charge >= 0.3 is 0 Å². The van der Waals surface area contributed by atoms with Gasteiger partial charge in [0.15, 0.2) is 0 Å². The van der Waals surface area contributed by atoms with Gasteiger partial charge < -0.3 is 22.1 Å². The van der Waals surface area contributed by atoms with Crippen LogP contribution in [0.4, 0.5) is 0 Å². The van der Waals surface area contributed by atoms with Crippen molar-refractivity contribution >= 4 is 0 Å². The summed E-state index contributed by atoms with van der Waals surface area (Å²) in [5, 5.41) is 6.74. The molecule has 1 heterocycles. The molecule has 0 spiro atoms. The third-order valence-corrected chi connectivity index (χ3v) is 2.58. The van der Waals surface area contributed by atoms with Gasteiger partial charge in [0.1, 0.15) is 0 Å². The van der Waals surface area contributed by atoms with Crippen molar-refractivity contribution in [3.8, 4) is 0 Å². The lowest BCUT2D eigenvalue weighted by Gasteiger charge is -2.26. The molecular weight excluding hydrogens is 188 g/mol. The minimum Gasteiger partial charge on any atom is -0.330 e. The molecule has 6 N–H and O–H groups in total. The maximum Gasteiger partial charge on any atom is 0.0167 e. The van der Waals surface area contributed by atoms with Crippen molar-refractivity contribution in [2.45, 2.75) is 39.8 Å². The average molecular weight is 216 g/mol. The van der Waals surface area contributed by atoms with E-state index in [9.17, 15) is 0 Å². The van der Waals surface area contributed by atoms with Crippen LogP contribution in [0.3, 0.4) is 0 Å². The lowest BCUT2D eigenvalue weighted by molar-refractivity contribution is 0.370. The van der Waals surface area contributed by atoms with Crippen LogP contribution in [-0.2, 0) is 0 Å². The van der Waals surface area contributed by atoms with E-state index in [-0.39, 0.29) is 5.41 Å². The zero-order valence-corrected chi connectivity index (χ0v) is 10.6. The molecule has 2 atom stereocenters. The summed E-state index contributed by atoms with van der Waals surface area (Å²) < 4.78 is 0. The molecule has 0 bridgehead atoms. The summed E-state index contributed by atoms with van der Waals surface area (Å²) in [6.45, 7) is 12.1. The van der Waals surface area contributed by atoms with E-state index in [4.69, 9.17) is 11.5 Å². The molecule has 0 radical (unpaired) electrons. The first-order chi connectivity index (χ1) is 6.91. The highest BCUT2D eigenvalue weighted by molar-refractivity contribution is 4.76. The fourth-order valence-corrected chi connectivity index (χ4v) is 1.20. The third kappa shape index (κ3) is 7.73. The van der Waals surface area contributed by atoms with Gasteiger partial charge in [0.2, 0.25) is 0 Å². The predicted octanol–water partition coefficient (Wildman–Crippen LogP) is -0.114. The van der Waals surface area contributed by atoms with Gasteiger partial charge in [-0.25, -0.2) is 0 Å². The Labute approximate surface area is 94.2 Å². The van der Waals surface area contributed by atoms with Crippen LogP contribution in [0.1, 0.15) is 27.7 Å². The summed E-state index contributed by atoms with van der Waals surface area (Å²) in [6, 6.07) is 1.30. The summed E-state index contributed by atoms with van der Waals surface area (Å²) in [5.41, 5.74) is 10.8. The van der Waals surface area contributed by atoms with E-state index < -0.39 is 0 Å². The summed E-state index contributed by atoms with van der Waals surface area (Å²) in [7, 11) is 0. The van der Waals surface area contributed by atoms with Crippen LogP contribution in [0.25, 0.3) is 0 Å². The predicted molar refractivity (Wildman–Crippen MR) is 66.8 cm³/mol. The highest BCUT2D eigenvalue weighted by Gasteiger charge is 2.11. The number of hydrogen-bond donors (Lipinski definition) is 4. The summed E-state index contributed by atoms with van der Waals surface area (Å²) >= 11 is 0. The Morgan fingerprint density at radius 2 is 1.47 bits per heavy atom. The molecule has 92 valence electrons. The van der Waals surface area contributed by atoms with Crippen LogP contribution in [0, 0.1) is 5.41 Å². The molecule has 1 rings (SSSR count). The van der Waals surface area contributed by atoms with E-state index >= 15 is 0 Å². The Morgan fingerprint density at radius 3 is 1.60 bits per heavy atom. The molecule has 2 unspecified atom stereocenters. The Balaban J connectivity index is 0.000000265. The van der Waals surface area contributed by atoms with Gasteiger partial charge in [-0.15, -0.1) is 0 Å². The van der Waals surface area contributed by atoms with Gasteiger partial charge in [-0.2, -0.15) is 0 Å². The zero-order valence-electron chi connectivity index (χ0n) is 10.6. The molecule has 1 aliphatic heterocycles. The van der Waals surface area contributed by atoms with E-state index in [1.165, 1.54) is 0 Å². The Morgan fingerprint density at radius 1 is 1.07 bits per heavy atom. The minimum atomic E-state index is 0.139. The second-order valence-corrected chi connectivity index (χ2v) is 5.20. The lowest BCUT2D eigenvalue weighted by Crippen LogP contribution is -2.52. The minimum absolute atomic E-state index is 0.139. The average Bonchev–Trinajstić information content (AvgIpc) is 2.18. The van der Waals surface area contributed by atoms with Crippen molar-refractivity contribution < 1.29 is 0 Å². The molecular formula is C11H28N4. The van der Waals surface area contributed by atoms with Crippen LogP contribution in [0.15, 0.2) is 0 Å². The molecule has 0 saturated carbocycles. The molecule has 15 heavy (non-hydrogen) atoms.